The number of nitrogens with one attached hydrogen (secondary N) is 3. The van der Waals surface area contributed by atoms with E-state index in [1.165, 1.54) is 0 Å². The van der Waals surface area contributed by atoms with E-state index in [1.54, 1.807) is 50.5 Å². The lowest BCUT2D eigenvalue weighted by atomic mass is 9.84. The third kappa shape index (κ3) is 6.20. The molecule has 1 saturated carbocycles. The number of halogens is 3. The number of hydrogen-bond donors (Lipinski definition) is 4. The van der Waals surface area contributed by atoms with Gasteiger partial charge in [-0.15, -0.1) is 0 Å². The maximum absolute atomic E-state index is 13.0. The van der Waals surface area contributed by atoms with Gasteiger partial charge in [-0.2, -0.15) is 13.2 Å². The lowest BCUT2D eigenvalue weighted by Crippen LogP contribution is -2.45. The van der Waals surface area contributed by atoms with Gasteiger partial charge < -0.3 is 21.8 Å². The molecule has 1 aliphatic rings. The van der Waals surface area contributed by atoms with Crippen molar-refractivity contribution >= 4 is 35.2 Å². The second-order valence-corrected chi connectivity index (χ2v) is 11.2. The SMILES string of the molecule is CC(C)(C=N)C(=O)NC1CCCC(c2nc(-c3ccc(C(=O)Nc4cc(C(F)(F)F)ccn4)cc3)c3c(N)nccn23)C1. The Morgan fingerprint density at radius 1 is 1.09 bits per heavy atom. The van der Waals surface area contributed by atoms with E-state index in [4.69, 9.17) is 16.1 Å². The molecule has 43 heavy (non-hydrogen) atoms. The number of rotatable bonds is 7. The average Bonchev–Trinajstić information content (AvgIpc) is 3.38. The second-order valence-electron chi connectivity index (χ2n) is 11.2. The molecule has 2 amide bonds. The van der Waals surface area contributed by atoms with Gasteiger partial charge in [0, 0.05) is 47.9 Å². The van der Waals surface area contributed by atoms with Crippen molar-refractivity contribution in [1.29, 1.82) is 5.41 Å². The number of carbonyl (C=O) groups excluding carboxylic acids is 2. The minimum atomic E-state index is -4.56. The third-order valence-corrected chi connectivity index (χ3v) is 7.68. The number of pyridine rings is 1. The standard InChI is InChI=1S/C30H31F3N8O2/c1-29(2,16-34)28(43)38-21-5-3-4-19(14-21)26-40-23(24-25(35)37-12-13-41(24)26)17-6-8-18(9-7-17)27(42)39-22-15-20(10-11-36-22)30(31,32)33/h6-13,15-16,19,21,34H,3-5,14H2,1-2H3,(H2,35,37)(H,38,43)(H,36,39,42). The van der Waals surface area contributed by atoms with E-state index in [9.17, 15) is 22.8 Å². The zero-order chi connectivity index (χ0) is 30.9. The quantitative estimate of drug-likeness (QED) is 0.209. The van der Waals surface area contributed by atoms with Crippen LogP contribution >= 0.6 is 0 Å². The summed E-state index contributed by atoms with van der Waals surface area (Å²) in [7, 11) is 0. The fourth-order valence-electron chi connectivity index (χ4n) is 5.21. The highest BCUT2D eigenvalue weighted by molar-refractivity contribution is 6.04. The number of aromatic nitrogens is 4. The fraction of sp³-hybridized carbons (Fsp3) is 0.333. The molecule has 10 nitrogen and oxygen atoms in total. The fourth-order valence-corrected chi connectivity index (χ4v) is 5.21. The van der Waals surface area contributed by atoms with Gasteiger partial charge in [0.2, 0.25) is 5.91 Å². The van der Waals surface area contributed by atoms with E-state index in [1.807, 2.05) is 4.40 Å². The predicted octanol–water partition coefficient (Wildman–Crippen LogP) is 5.46. The van der Waals surface area contributed by atoms with Crippen LogP contribution in [-0.2, 0) is 11.0 Å². The Balaban J connectivity index is 1.39. The van der Waals surface area contributed by atoms with Crippen LogP contribution in [0.2, 0.25) is 0 Å². The Labute approximate surface area is 245 Å². The number of nitrogen functional groups attached to an aromatic ring is 1. The molecule has 0 bridgehead atoms. The van der Waals surface area contributed by atoms with Crippen molar-refractivity contribution < 1.29 is 22.8 Å². The van der Waals surface area contributed by atoms with Gasteiger partial charge in [-0.1, -0.05) is 18.6 Å². The number of hydrogen-bond acceptors (Lipinski definition) is 7. The van der Waals surface area contributed by atoms with Crippen LogP contribution in [0.15, 0.2) is 55.0 Å². The van der Waals surface area contributed by atoms with Crippen molar-refractivity contribution in [3.63, 3.8) is 0 Å². The summed E-state index contributed by atoms with van der Waals surface area (Å²) in [5.41, 5.74) is 6.56. The maximum atomic E-state index is 13.0. The predicted molar refractivity (Wildman–Crippen MR) is 156 cm³/mol. The smallest absolute Gasteiger partial charge is 0.382 e. The minimum absolute atomic E-state index is 0.0233. The summed E-state index contributed by atoms with van der Waals surface area (Å²) in [5, 5.41) is 13.1. The van der Waals surface area contributed by atoms with Gasteiger partial charge in [-0.3, -0.25) is 14.0 Å². The van der Waals surface area contributed by atoms with Crippen molar-refractivity contribution in [2.75, 3.05) is 11.1 Å². The number of anilines is 2. The molecule has 3 heterocycles. The van der Waals surface area contributed by atoms with Crippen molar-refractivity contribution in [2.24, 2.45) is 5.41 Å². The number of amides is 2. The lowest BCUT2D eigenvalue weighted by molar-refractivity contribution is -0.137. The van der Waals surface area contributed by atoms with E-state index in [2.05, 4.69) is 20.6 Å². The van der Waals surface area contributed by atoms with Crippen LogP contribution in [0, 0.1) is 10.8 Å². The number of benzene rings is 1. The molecule has 1 fully saturated rings. The highest BCUT2D eigenvalue weighted by Crippen LogP contribution is 2.37. The molecule has 0 radical (unpaired) electrons. The Bertz CT molecular complexity index is 1680. The number of nitrogens with zero attached hydrogens (tertiary/aromatic N) is 4. The Morgan fingerprint density at radius 2 is 1.84 bits per heavy atom. The zero-order valence-corrected chi connectivity index (χ0v) is 23.6. The third-order valence-electron chi connectivity index (χ3n) is 7.68. The molecule has 13 heteroatoms. The van der Waals surface area contributed by atoms with Crippen LogP contribution in [0.3, 0.4) is 0 Å². The van der Waals surface area contributed by atoms with E-state index in [-0.39, 0.29) is 35.1 Å². The number of fused-ring (bicyclic) bond motifs is 1. The van der Waals surface area contributed by atoms with Gasteiger partial charge in [-0.25, -0.2) is 15.0 Å². The Kier molecular flexibility index (Phi) is 7.91. The molecule has 0 saturated heterocycles. The largest absolute Gasteiger partial charge is 0.416 e. The molecule has 224 valence electrons. The molecule has 1 aliphatic carbocycles. The van der Waals surface area contributed by atoms with Crippen LogP contribution in [-0.4, -0.2) is 43.4 Å². The van der Waals surface area contributed by atoms with Gasteiger partial charge in [0.25, 0.3) is 5.91 Å². The van der Waals surface area contributed by atoms with E-state index >= 15 is 0 Å². The highest BCUT2D eigenvalue weighted by Gasteiger charge is 2.33. The van der Waals surface area contributed by atoms with Crippen LogP contribution in [0.25, 0.3) is 16.8 Å². The number of nitrogens with two attached hydrogens (primary N) is 1. The molecular weight excluding hydrogens is 561 g/mol. The van der Waals surface area contributed by atoms with E-state index < -0.39 is 23.1 Å². The first-order valence-electron chi connectivity index (χ1n) is 13.8. The first-order valence-corrected chi connectivity index (χ1v) is 13.8. The minimum Gasteiger partial charge on any atom is -0.382 e. The van der Waals surface area contributed by atoms with Crippen molar-refractivity contribution in [3.8, 4) is 11.3 Å². The highest BCUT2D eigenvalue weighted by atomic mass is 19.4. The summed E-state index contributed by atoms with van der Waals surface area (Å²) in [6.07, 6.45) is 4.21. The summed E-state index contributed by atoms with van der Waals surface area (Å²) in [4.78, 5) is 38.5. The Hall–Kier alpha value is -4.81. The first-order chi connectivity index (χ1) is 20.4. The molecule has 5 N–H and O–H groups in total. The number of imidazole rings is 1. The van der Waals surface area contributed by atoms with Gasteiger partial charge in [0.05, 0.1) is 11.0 Å². The van der Waals surface area contributed by atoms with Crippen molar-refractivity contribution in [3.05, 3.63) is 71.9 Å². The Morgan fingerprint density at radius 3 is 2.53 bits per heavy atom. The maximum Gasteiger partial charge on any atom is 0.416 e. The molecule has 0 aliphatic heterocycles. The topological polar surface area (TPSA) is 151 Å². The second kappa shape index (κ2) is 11.5. The lowest BCUT2D eigenvalue weighted by Gasteiger charge is -2.31. The van der Waals surface area contributed by atoms with Gasteiger partial charge in [0.15, 0.2) is 0 Å². The van der Waals surface area contributed by atoms with E-state index in [0.717, 1.165) is 49.6 Å². The summed E-state index contributed by atoms with van der Waals surface area (Å²) in [5.74, 6) is 0.0644. The van der Waals surface area contributed by atoms with Crippen molar-refractivity contribution in [2.45, 2.75) is 57.7 Å². The molecule has 5 rings (SSSR count). The summed E-state index contributed by atoms with van der Waals surface area (Å²) < 4.78 is 41.0. The van der Waals surface area contributed by atoms with E-state index in [0.29, 0.717) is 23.2 Å². The molecule has 3 aromatic heterocycles. The zero-order valence-electron chi connectivity index (χ0n) is 23.6. The molecular formula is C30H31F3N8O2. The van der Waals surface area contributed by atoms with Gasteiger partial charge in [0.1, 0.15) is 28.7 Å². The molecule has 1 aromatic carbocycles. The molecule has 0 spiro atoms. The van der Waals surface area contributed by atoms with Crippen LogP contribution in [0.1, 0.15) is 67.2 Å². The summed E-state index contributed by atoms with van der Waals surface area (Å²) in [6, 6.07) is 8.02. The first kappa shape index (κ1) is 29.7. The molecule has 4 aromatic rings. The summed E-state index contributed by atoms with van der Waals surface area (Å²) >= 11 is 0. The molecule has 2 atom stereocenters. The number of alkyl halides is 3. The normalized spacial score (nSPS) is 17.4. The number of carbonyl (C=O) groups is 2. The van der Waals surface area contributed by atoms with Crippen LogP contribution in [0.4, 0.5) is 24.8 Å². The van der Waals surface area contributed by atoms with Gasteiger partial charge >= 0.3 is 6.18 Å². The van der Waals surface area contributed by atoms with Crippen LogP contribution < -0.4 is 16.4 Å². The summed E-state index contributed by atoms with van der Waals surface area (Å²) in [6.45, 7) is 3.41. The average molecular weight is 593 g/mol. The van der Waals surface area contributed by atoms with Crippen LogP contribution in [0.5, 0.6) is 0 Å². The monoisotopic (exact) mass is 592 g/mol. The molecule has 2 unspecified atom stereocenters. The van der Waals surface area contributed by atoms with Crippen molar-refractivity contribution in [1.82, 2.24) is 24.7 Å². The van der Waals surface area contributed by atoms with Gasteiger partial charge in [-0.05, 0) is 57.4 Å².